The third-order valence-electron chi connectivity index (χ3n) is 3.07. The quantitative estimate of drug-likeness (QED) is 0.626. The van der Waals surface area contributed by atoms with Crippen LogP contribution in [0.3, 0.4) is 0 Å². The molecule has 1 heterocycles. The van der Waals surface area contributed by atoms with Gasteiger partial charge in [-0.15, -0.1) is 0 Å². The van der Waals surface area contributed by atoms with Gasteiger partial charge < -0.3 is 4.74 Å². The number of hydrogen-bond donors (Lipinski definition) is 1. The van der Waals surface area contributed by atoms with E-state index in [1.807, 2.05) is 0 Å². The normalized spacial score (nSPS) is 33.2. The Morgan fingerprint density at radius 2 is 2.08 bits per heavy atom. The van der Waals surface area contributed by atoms with Gasteiger partial charge in [0.05, 0.1) is 6.10 Å². The van der Waals surface area contributed by atoms with Crippen molar-refractivity contribution in [1.82, 2.24) is 5.32 Å². The molecular formula is C11H19NO. The Balaban J connectivity index is 1.94. The summed E-state index contributed by atoms with van der Waals surface area (Å²) in [6.45, 7) is 3.04. The van der Waals surface area contributed by atoms with Gasteiger partial charge in [0.25, 0.3) is 0 Å². The molecule has 0 amide bonds. The third-order valence-corrected chi connectivity index (χ3v) is 3.07. The van der Waals surface area contributed by atoms with Gasteiger partial charge in [0.15, 0.2) is 0 Å². The number of hydrogen-bond acceptors (Lipinski definition) is 2. The van der Waals surface area contributed by atoms with E-state index < -0.39 is 0 Å². The van der Waals surface area contributed by atoms with Gasteiger partial charge in [0.1, 0.15) is 5.72 Å². The lowest BCUT2D eigenvalue weighted by molar-refractivity contribution is -0.0595. The van der Waals surface area contributed by atoms with Crippen LogP contribution in [0, 0.1) is 0 Å². The van der Waals surface area contributed by atoms with Gasteiger partial charge in [-0.2, -0.15) is 0 Å². The Morgan fingerprint density at radius 3 is 2.77 bits per heavy atom. The highest BCUT2D eigenvalue weighted by Gasteiger charge is 2.39. The maximum atomic E-state index is 6.03. The molecule has 0 aromatic rings. The molecule has 74 valence electrons. The van der Waals surface area contributed by atoms with E-state index in [1.165, 1.54) is 32.1 Å². The predicted molar refractivity (Wildman–Crippen MR) is 53.5 cm³/mol. The summed E-state index contributed by atoms with van der Waals surface area (Å²) in [7, 11) is 0. The van der Waals surface area contributed by atoms with Crippen LogP contribution in [0.5, 0.6) is 0 Å². The molecule has 0 aromatic carbocycles. The first-order chi connectivity index (χ1) is 6.35. The van der Waals surface area contributed by atoms with E-state index in [2.05, 4.69) is 24.4 Å². The summed E-state index contributed by atoms with van der Waals surface area (Å²) < 4.78 is 6.03. The van der Waals surface area contributed by atoms with Crippen LogP contribution in [0.15, 0.2) is 12.2 Å². The van der Waals surface area contributed by atoms with Crippen molar-refractivity contribution in [2.24, 2.45) is 0 Å². The Hall–Kier alpha value is -0.340. The van der Waals surface area contributed by atoms with Gasteiger partial charge in [-0.25, -0.2) is 0 Å². The van der Waals surface area contributed by atoms with Crippen molar-refractivity contribution >= 4 is 0 Å². The molecule has 2 nitrogen and oxygen atoms in total. The van der Waals surface area contributed by atoms with E-state index in [1.54, 1.807) is 0 Å². The fourth-order valence-electron chi connectivity index (χ4n) is 2.40. The highest BCUT2D eigenvalue weighted by molar-refractivity contribution is 4.98. The second-order valence-corrected chi connectivity index (χ2v) is 4.12. The number of ether oxygens (including phenoxy) is 1. The lowest BCUT2D eigenvalue weighted by atomic mass is 9.92. The van der Waals surface area contributed by atoms with Gasteiger partial charge in [-0.05, 0) is 32.6 Å². The van der Waals surface area contributed by atoms with Crippen molar-refractivity contribution in [3.63, 3.8) is 0 Å². The molecule has 1 saturated carbocycles. The molecular weight excluding hydrogens is 162 g/mol. The van der Waals surface area contributed by atoms with E-state index in [4.69, 9.17) is 4.74 Å². The molecule has 2 fully saturated rings. The van der Waals surface area contributed by atoms with Crippen LogP contribution in [0.2, 0.25) is 0 Å². The summed E-state index contributed by atoms with van der Waals surface area (Å²) >= 11 is 0. The second-order valence-electron chi connectivity index (χ2n) is 4.12. The predicted octanol–water partition coefficient (Wildman–Crippen LogP) is 2.21. The summed E-state index contributed by atoms with van der Waals surface area (Å²) in [6, 6.07) is 0. The fraction of sp³-hybridized carbons (Fsp3) is 0.818. The fourth-order valence-corrected chi connectivity index (χ4v) is 2.40. The van der Waals surface area contributed by atoms with Crippen LogP contribution in [0.25, 0.3) is 0 Å². The molecule has 2 aliphatic rings. The molecule has 1 spiro atoms. The summed E-state index contributed by atoms with van der Waals surface area (Å²) in [4.78, 5) is 0. The lowest BCUT2D eigenvalue weighted by Crippen LogP contribution is -2.42. The van der Waals surface area contributed by atoms with E-state index in [0.717, 1.165) is 6.54 Å². The average molecular weight is 181 g/mol. The monoisotopic (exact) mass is 181 g/mol. The second kappa shape index (κ2) is 3.81. The number of allylic oxidation sites excluding steroid dienone is 1. The molecule has 1 aliphatic heterocycles. The molecule has 0 aromatic heterocycles. The zero-order chi connectivity index (χ0) is 9.15. The maximum absolute atomic E-state index is 6.03. The zero-order valence-electron chi connectivity index (χ0n) is 8.38. The molecule has 1 aliphatic carbocycles. The Labute approximate surface area is 80.4 Å². The maximum Gasteiger partial charge on any atom is 0.120 e. The molecule has 13 heavy (non-hydrogen) atoms. The molecule has 1 saturated heterocycles. The first kappa shape index (κ1) is 9.22. The molecule has 0 bridgehead atoms. The average Bonchev–Trinajstić information content (AvgIpc) is 2.51. The number of nitrogens with one attached hydrogen (secondary N) is 1. The van der Waals surface area contributed by atoms with Crippen LogP contribution in [-0.4, -0.2) is 18.4 Å². The van der Waals surface area contributed by atoms with Crippen LogP contribution >= 0.6 is 0 Å². The Morgan fingerprint density at radius 1 is 1.31 bits per heavy atom. The van der Waals surface area contributed by atoms with E-state index in [9.17, 15) is 0 Å². The van der Waals surface area contributed by atoms with Crippen LogP contribution in [0.4, 0.5) is 0 Å². The van der Waals surface area contributed by atoms with Gasteiger partial charge in [-0.1, -0.05) is 18.6 Å². The smallest absolute Gasteiger partial charge is 0.120 e. The SMILES string of the molecule is CC=CC1CNC2(CCCCC2)O1. The van der Waals surface area contributed by atoms with Crippen LogP contribution in [-0.2, 0) is 4.74 Å². The van der Waals surface area contributed by atoms with Gasteiger partial charge in [0.2, 0.25) is 0 Å². The van der Waals surface area contributed by atoms with Crippen molar-refractivity contribution in [2.45, 2.75) is 50.9 Å². The van der Waals surface area contributed by atoms with Crippen molar-refractivity contribution in [3.8, 4) is 0 Å². The summed E-state index contributed by atoms with van der Waals surface area (Å²) in [5.41, 5.74) is 0.0441. The third kappa shape index (κ3) is 1.94. The van der Waals surface area contributed by atoms with E-state index in [0.29, 0.717) is 6.10 Å². The molecule has 2 heteroatoms. The molecule has 1 atom stereocenters. The van der Waals surface area contributed by atoms with Gasteiger partial charge >= 0.3 is 0 Å². The summed E-state index contributed by atoms with van der Waals surface area (Å²) in [6.07, 6.45) is 10.9. The van der Waals surface area contributed by atoms with Gasteiger partial charge in [-0.3, -0.25) is 5.32 Å². The number of rotatable bonds is 1. The van der Waals surface area contributed by atoms with E-state index >= 15 is 0 Å². The molecule has 1 unspecified atom stereocenters. The van der Waals surface area contributed by atoms with Crippen molar-refractivity contribution in [3.05, 3.63) is 12.2 Å². The Kier molecular flexibility index (Phi) is 2.70. The Bertz CT molecular complexity index is 194. The summed E-state index contributed by atoms with van der Waals surface area (Å²) in [5.74, 6) is 0. The summed E-state index contributed by atoms with van der Waals surface area (Å²) in [5, 5.41) is 3.53. The van der Waals surface area contributed by atoms with Crippen molar-refractivity contribution in [2.75, 3.05) is 6.54 Å². The lowest BCUT2D eigenvalue weighted by Gasteiger charge is -2.32. The van der Waals surface area contributed by atoms with Crippen LogP contribution in [0.1, 0.15) is 39.0 Å². The topological polar surface area (TPSA) is 21.3 Å². The highest BCUT2D eigenvalue weighted by Crippen LogP contribution is 2.33. The largest absolute Gasteiger partial charge is 0.352 e. The standard InChI is InChI=1S/C11H19NO/c1-2-6-10-9-12-11(13-10)7-4-3-5-8-11/h2,6,10,12H,3-5,7-9H2,1H3. The van der Waals surface area contributed by atoms with Gasteiger partial charge in [0, 0.05) is 6.54 Å². The minimum absolute atomic E-state index is 0.0441. The zero-order valence-corrected chi connectivity index (χ0v) is 8.38. The first-order valence-electron chi connectivity index (χ1n) is 5.40. The minimum Gasteiger partial charge on any atom is -0.352 e. The molecule has 0 radical (unpaired) electrons. The van der Waals surface area contributed by atoms with Crippen molar-refractivity contribution in [1.29, 1.82) is 0 Å². The van der Waals surface area contributed by atoms with E-state index in [-0.39, 0.29) is 5.72 Å². The van der Waals surface area contributed by atoms with Crippen molar-refractivity contribution < 1.29 is 4.74 Å². The first-order valence-corrected chi connectivity index (χ1v) is 5.40. The molecule has 1 N–H and O–H groups in total. The molecule has 2 rings (SSSR count). The van der Waals surface area contributed by atoms with Crippen LogP contribution < -0.4 is 5.32 Å². The highest BCUT2D eigenvalue weighted by atomic mass is 16.5. The minimum atomic E-state index is 0.0441.